The van der Waals surface area contributed by atoms with Gasteiger partial charge in [0, 0.05) is 32.1 Å². The molecular weight excluding hydrogens is 417 g/mol. The highest BCUT2D eigenvalue weighted by Crippen LogP contribution is 2.19. The number of nitrogens with one attached hydrogen (secondary N) is 2. The van der Waals surface area contributed by atoms with E-state index < -0.39 is 0 Å². The van der Waals surface area contributed by atoms with Gasteiger partial charge in [0.2, 0.25) is 0 Å². The van der Waals surface area contributed by atoms with Crippen molar-refractivity contribution in [3.63, 3.8) is 0 Å². The van der Waals surface area contributed by atoms with E-state index in [4.69, 9.17) is 0 Å². The van der Waals surface area contributed by atoms with Gasteiger partial charge >= 0.3 is 0 Å². The molecule has 0 aliphatic carbocycles. The van der Waals surface area contributed by atoms with E-state index in [0.717, 1.165) is 9.13 Å². The summed E-state index contributed by atoms with van der Waals surface area (Å²) < 4.78 is 1.07. The molecule has 0 fully saturated rings. The van der Waals surface area contributed by atoms with E-state index in [2.05, 4.69) is 37.9 Å². The monoisotopic (exact) mass is 431 g/mol. The topological polar surface area (TPSA) is 74.8 Å². The summed E-state index contributed by atoms with van der Waals surface area (Å²) >= 11 is 2.19. The fourth-order valence-corrected chi connectivity index (χ4v) is 2.62. The zero-order chi connectivity index (χ0) is 17.1. The molecule has 2 aromatic carbocycles. The fourth-order valence-electron chi connectivity index (χ4n) is 2.26. The third kappa shape index (κ3) is 3.88. The summed E-state index contributed by atoms with van der Waals surface area (Å²) in [7, 11) is 0. The number of rotatable bonds is 3. The minimum absolute atomic E-state index is 0.186. The summed E-state index contributed by atoms with van der Waals surface area (Å²) in [6.07, 6.45) is 0. The number of carbonyl (C=O) groups excluding carboxylic acids is 1. The molecule has 24 heavy (non-hydrogen) atoms. The van der Waals surface area contributed by atoms with E-state index in [1.165, 1.54) is 6.07 Å². The molecule has 3 rings (SSSR count). The predicted molar refractivity (Wildman–Crippen MR) is 102 cm³/mol. The molecule has 1 amide bonds. The van der Waals surface area contributed by atoms with Gasteiger partial charge < -0.3 is 10.3 Å². The van der Waals surface area contributed by atoms with Crippen molar-refractivity contribution >= 4 is 34.2 Å². The normalized spacial score (nSPS) is 10.4. The molecule has 2 N–H and O–H groups in total. The van der Waals surface area contributed by atoms with E-state index in [1.807, 2.05) is 18.2 Å². The maximum atomic E-state index is 12.3. The van der Waals surface area contributed by atoms with Gasteiger partial charge in [-0.15, -0.1) is 0 Å². The lowest BCUT2D eigenvalue weighted by Gasteiger charge is -2.08. The second-order valence-corrected chi connectivity index (χ2v) is 6.52. The van der Waals surface area contributed by atoms with E-state index in [1.54, 1.807) is 37.3 Å². The molecule has 3 aromatic rings. The summed E-state index contributed by atoms with van der Waals surface area (Å²) in [5.41, 5.74) is 2.40. The SMILES string of the molecule is Cc1cc(=O)[nH]c(-c2cccc(NC(=O)c3ccc(I)cc3)c2)n1. The Morgan fingerprint density at radius 1 is 1.12 bits per heavy atom. The van der Waals surface area contributed by atoms with E-state index >= 15 is 0 Å². The number of aryl methyl sites for hydroxylation is 1. The van der Waals surface area contributed by atoms with Gasteiger partial charge in [0.15, 0.2) is 0 Å². The minimum Gasteiger partial charge on any atom is -0.322 e. The van der Waals surface area contributed by atoms with Crippen LogP contribution in [0.15, 0.2) is 59.4 Å². The van der Waals surface area contributed by atoms with E-state index in [9.17, 15) is 9.59 Å². The van der Waals surface area contributed by atoms with Gasteiger partial charge in [0.25, 0.3) is 11.5 Å². The number of aromatic amines is 1. The van der Waals surface area contributed by atoms with E-state index in [-0.39, 0.29) is 11.5 Å². The lowest BCUT2D eigenvalue weighted by atomic mass is 10.1. The molecule has 0 radical (unpaired) electrons. The Morgan fingerprint density at radius 2 is 1.88 bits per heavy atom. The first-order valence-electron chi connectivity index (χ1n) is 7.26. The first kappa shape index (κ1) is 16.4. The van der Waals surface area contributed by atoms with Crippen molar-refractivity contribution in [2.45, 2.75) is 6.92 Å². The Hall–Kier alpha value is -2.48. The van der Waals surface area contributed by atoms with Crippen molar-refractivity contribution in [3.05, 3.63) is 79.8 Å². The number of nitrogens with zero attached hydrogens (tertiary/aromatic N) is 1. The van der Waals surface area contributed by atoms with Crippen LogP contribution in [0.4, 0.5) is 5.69 Å². The Balaban J connectivity index is 1.86. The van der Waals surface area contributed by atoms with Crippen molar-refractivity contribution in [2.75, 3.05) is 5.32 Å². The quantitative estimate of drug-likeness (QED) is 0.623. The molecule has 6 heteroatoms. The predicted octanol–water partition coefficient (Wildman–Crippen LogP) is 3.60. The first-order valence-corrected chi connectivity index (χ1v) is 8.34. The molecular formula is C18H14IN3O2. The Morgan fingerprint density at radius 3 is 2.58 bits per heavy atom. The number of hydrogen-bond donors (Lipinski definition) is 2. The van der Waals surface area contributed by atoms with Crippen LogP contribution in [0.5, 0.6) is 0 Å². The van der Waals surface area contributed by atoms with Crippen molar-refractivity contribution < 1.29 is 4.79 Å². The number of halogens is 1. The van der Waals surface area contributed by atoms with Gasteiger partial charge in [-0.25, -0.2) is 4.98 Å². The highest BCUT2D eigenvalue weighted by molar-refractivity contribution is 14.1. The van der Waals surface area contributed by atoms with Crippen molar-refractivity contribution in [1.82, 2.24) is 9.97 Å². The molecule has 0 saturated heterocycles. The Labute approximate surface area is 152 Å². The molecule has 0 spiro atoms. The van der Waals surface area contributed by atoms with Crippen LogP contribution in [0.2, 0.25) is 0 Å². The van der Waals surface area contributed by atoms with Gasteiger partial charge in [0.05, 0.1) is 0 Å². The van der Waals surface area contributed by atoms with Crippen LogP contribution in [0.1, 0.15) is 16.1 Å². The third-order valence-corrected chi connectivity index (χ3v) is 4.09. The summed E-state index contributed by atoms with van der Waals surface area (Å²) in [6, 6.07) is 16.0. The van der Waals surface area contributed by atoms with Crippen LogP contribution >= 0.6 is 22.6 Å². The number of aromatic nitrogens is 2. The lowest BCUT2D eigenvalue weighted by molar-refractivity contribution is 0.102. The maximum absolute atomic E-state index is 12.3. The molecule has 0 aliphatic rings. The molecule has 1 aromatic heterocycles. The fraction of sp³-hybridized carbons (Fsp3) is 0.0556. The summed E-state index contributed by atoms with van der Waals surface area (Å²) in [5, 5.41) is 2.86. The second-order valence-electron chi connectivity index (χ2n) is 5.28. The van der Waals surface area contributed by atoms with Crippen LogP contribution in [-0.2, 0) is 0 Å². The zero-order valence-corrected chi connectivity index (χ0v) is 15.0. The van der Waals surface area contributed by atoms with Gasteiger partial charge in [0.1, 0.15) is 5.82 Å². The van der Waals surface area contributed by atoms with Crippen molar-refractivity contribution in [3.8, 4) is 11.4 Å². The van der Waals surface area contributed by atoms with E-state index in [0.29, 0.717) is 22.8 Å². The Bertz CT molecular complexity index is 949. The summed E-state index contributed by atoms with van der Waals surface area (Å²) in [5.74, 6) is 0.291. The van der Waals surface area contributed by atoms with Crippen LogP contribution in [0.3, 0.4) is 0 Å². The van der Waals surface area contributed by atoms with Crippen LogP contribution in [0.25, 0.3) is 11.4 Å². The summed E-state index contributed by atoms with van der Waals surface area (Å²) in [4.78, 5) is 30.9. The highest BCUT2D eigenvalue weighted by atomic mass is 127. The van der Waals surface area contributed by atoms with Gasteiger partial charge in [-0.1, -0.05) is 12.1 Å². The maximum Gasteiger partial charge on any atom is 0.255 e. The van der Waals surface area contributed by atoms with Gasteiger partial charge in [-0.05, 0) is 65.9 Å². The molecule has 0 atom stereocenters. The largest absolute Gasteiger partial charge is 0.322 e. The summed E-state index contributed by atoms with van der Waals surface area (Å²) in [6.45, 7) is 1.77. The molecule has 0 saturated carbocycles. The molecule has 0 unspecified atom stereocenters. The molecule has 1 heterocycles. The second kappa shape index (κ2) is 6.96. The smallest absolute Gasteiger partial charge is 0.255 e. The number of amides is 1. The average Bonchev–Trinajstić information content (AvgIpc) is 2.55. The highest BCUT2D eigenvalue weighted by Gasteiger charge is 2.08. The van der Waals surface area contributed by atoms with Crippen LogP contribution in [0, 0.1) is 10.5 Å². The van der Waals surface area contributed by atoms with Crippen LogP contribution in [-0.4, -0.2) is 15.9 Å². The molecule has 120 valence electrons. The Kier molecular flexibility index (Phi) is 4.75. The number of anilines is 1. The number of hydrogen-bond acceptors (Lipinski definition) is 3. The van der Waals surface area contributed by atoms with Gasteiger partial charge in [-0.2, -0.15) is 0 Å². The minimum atomic E-state index is -0.203. The van der Waals surface area contributed by atoms with Crippen molar-refractivity contribution in [2.24, 2.45) is 0 Å². The molecule has 0 bridgehead atoms. The molecule has 0 aliphatic heterocycles. The third-order valence-electron chi connectivity index (χ3n) is 3.37. The van der Waals surface area contributed by atoms with Gasteiger partial charge in [-0.3, -0.25) is 9.59 Å². The van der Waals surface area contributed by atoms with Crippen molar-refractivity contribution in [1.29, 1.82) is 0 Å². The zero-order valence-electron chi connectivity index (χ0n) is 12.8. The number of carbonyl (C=O) groups is 1. The number of H-pyrrole nitrogens is 1. The average molecular weight is 431 g/mol. The number of benzene rings is 2. The lowest BCUT2D eigenvalue weighted by Crippen LogP contribution is -2.12. The first-order chi connectivity index (χ1) is 11.5. The standard InChI is InChI=1S/C18H14IN3O2/c1-11-9-16(23)22-17(20-11)13-3-2-4-15(10-13)21-18(24)12-5-7-14(19)8-6-12/h2-10H,1H3,(H,21,24)(H,20,22,23). The molecule has 5 nitrogen and oxygen atoms in total. The van der Waals surface area contributed by atoms with Crippen LogP contribution < -0.4 is 10.9 Å².